The van der Waals surface area contributed by atoms with Crippen LogP contribution in [0.5, 0.6) is 0 Å². The third-order valence-corrected chi connectivity index (χ3v) is 5.88. The molecule has 2 aromatic heterocycles. The Morgan fingerprint density at radius 2 is 2.05 bits per heavy atom. The molecule has 0 unspecified atom stereocenters. The molecule has 0 spiro atoms. The van der Waals surface area contributed by atoms with E-state index in [1.165, 1.54) is 4.70 Å². The Morgan fingerprint density at radius 1 is 1.20 bits per heavy atom. The lowest BCUT2D eigenvalue weighted by Crippen LogP contribution is -1.97. The minimum Gasteiger partial charge on any atom is -0.308 e. The van der Waals surface area contributed by atoms with Gasteiger partial charge < -0.3 is 4.57 Å². The Morgan fingerprint density at radius 3 is 2.85 bits per heavy atom. The van der Waals surface area contributed by atoms with Crippen molar-refractivity contribution < 1.29 is 0 Å². The van der Waals surface area contributed by atoms with Crippen molar-refractivity contribution in [3.05, 3.63) is 30.1 Å². The highest BCUT2D eigenvalue weighted by Crippen LogP contribution is 2.31. The van der Waals surface area contributed by atoms with Crippen LogP contribution >= 0.6 is 34.9 Å². The van der Waals surface area contributed by atoms with Crippen LogP contribution in [0.15, 0.2) is 33.8 Å². The summed E-state index contributed by atoms with van der Waals surface area (Å²) >= 11 is 5.16. The standard InChI is InChI=1S/C13H14N4S3/c1-3-18-12-16-15-11(17(12)2)8-19-13-14-9-6-4-5-7-10(9)20-13/h4-7H,3,8H2,1-2H3. The maximum Gasteiger partial charge on any atom is 0.190 e. The third kappa shape index (κ3) is 2.84. The topological polar surface area (TPSA) is 43.6 Å². The SMILES string of the molecule is CCSc1nnc(CSc2nc3ccccc3s2)n1C. The van der Waals surface area contributed by atoms with Gasteiger partial charge in [-0.05, 0) is 17.9 Å². The fourth-order valence-corrected chi connectivity index (χ4v) is 4.47. The molecule has 0 amide bonds. The summed E-state index contributed by atoms with van der Waals surface area (Å²) in [5.74, 6) is 2.80. The van der Waals surface area contributed by atoms with Gasteiger partial charge in [0.25, 0.3) is 0 Å². The van der Waals surface area contributed by atoms with Gasteiger partial charge in [-0.1, -0.05) is 42.6 Å². The molecule has 20 heavy (non-hydrogen) atoms. The summed E-state index contributed by atoms with van der Waals surface area (Å²) in [6.45, 7) is 2.12. The molecule has 0 aliphatic carbocycles. The molecule has 0 saturated carbocycles. The number of aromatic nitrogens is 4. The van der Waals surface area contributed by atoms with E-state index in [1.54, 1.807) is 34.9 Å². The summed E-state index contributed by atoms with van der Waals surface area (Å²) in [6.07, 6.45) is 0. The number of para-hydroxylation sites is 1. The second-order valence-electron chi connectivity index (χ2n) is 4.13. The van der Waals surface area contributed by atoms with Crippen LogP contribution in [-0.2, 0) is 12.8 Å². The van der Waals surface area contributed by atoms with Crippen LogP contribution in [0.4, 0.5) is 0 Å². The number of nitrogens with zero attached hydrogens (tertiary/aromatic N) is 4. The quantitative estimate of drug-likeness (QED) is 0.668. The third-order valence-electron chi connectivity index (χ3n) is 2.80. The van der Waals surface area contributed by atoms with E-state index >= 15 is 0 Å². The second-order valence-corrected chi connectivity index (χ2v) is 7.61. The van der Waals surface area contributed by atoms with Crippen molar-refractivity contribution in [2.75, 3.05) is 5.75 Å². The van der Waals surface area contributed by atoms with Gasteiger partial charge in [0.1, 0.15) is 5.82 Å². The highest BCUT2D eigenvalue weighted by molar-refractivity contribution is 8.00. The van der Waals surface area contributed by atoms with Crippen molar-refractivity contribution in [1.29, 1.82) is 0 Å². The first kappa shape index (κ1) is 13.9. The van der Waals surface area contributed by atoms with Gasteiger partial charge in [0.15, 0.2) is 9.50 Å². The predicted octanol–water partition coefficient (Wildman–Crippen LogP) is 3.83. The van der Waals surface area contributed by atoms with Crippen LogP contribution in [0.25, 0.3) is 10.2 Å². The molecular weight excluding hydrogens is 308 g/mol. The van der Waals surface area contributed by atoms with Crippen LogP contribution in [0.1, 0.15) is 12.7 Å². The molecule has 0 radical (unpaired) electrons. The molecule has 0 fully saturated rings. The maximum atomic E-state index is 4.62. The Bertz CT molecular complexity index is 686. The van der Waals surface area contributed by atoms with Crippen LogP contribution in [0.2, 0.25) is 0 Å². The number of rotatable bonds is 5. The highest BCUT2D eigenvalue weighted by atomic mass is 32.2. The number of benzene rings is 1. The summed E-state index contributed by atoms with van der Waals surface area (Å²) < 4.78 is 4.38. The largest absolute Gasteiger partial charge is 0.308 e. The molecule has 2 heterocycles. The lowest BCUT2D eigenvalue weighted by Gasteiger charge is -2.01. The minimum absolute atomic E-state index is 0.799. The molecule has 0 atom stereocenters. The zero-order valence-electron chi connectivity index (χ0n) is 11.2. The zero-order valence-corrected chi connectivity index (χ0v) is 13.7. The lowest BCUT2D eigenvalue weighted by molar-refractivity contribution is 0.762. The molecule has 0 aliphatic heterocycles. The Kier molecular flexibility index (Phi) is 4.28. The molecule has 7 heteroatoms. The fraction of sp³-hybridized carbons (Fsp3) is 0.308. The number of hydrogen-bond donors (Lipinski definition) is 0. The molecule has 0 N–H and O–H groups in total. The smallest absolute Gasteiger partial charge is 0.190 e. The molecular formula is C13H14N4S3. The van der Waals surface area contributed by atoms with Crippen LogP contribution in [-0.4, -0.2) is 25.5 Å². The average Bonchev–Trinajstić information content (AvgIpc) is 3.02. The van der Waals surface area contributed by atoms with E-state index in [2.05, 4.69) is 32.7 Å². The molecule has 104 valence electrons. The van der Waals surface area contributed by atoms with Gasteiger partial charge in [-0.2, -0.15) is 0 Å². The van der Waals surface area contributed by atoms with E-state index < -0.39 is 0 Å². The van der Waals surface area contributed by atoms with Crippen molar-refractivity contribution in [2.45, 2.75) is 22.2 Å². The minimum atomic E-state index is 0.799. The van der Waals surface area contributed by atoms with E-state index in [1.807, 2.05) is 25.2 Å². The summed E-state index contributed by atoms with van der Waals surface area (Å²) in [7, 11) is 2.02. The van der Waals surface area contributed by atoms with Gasteiger partial charge in [-0.15, -0.1) is 21.5 Å². The lowest BCUT2D eigenvalue weighted by atomic mass is 10.3. The predicted molar refractivity (Wildman–Crippen MR) is 86.6 cm³/mol. The van der Waals surface area contributed by atoms with Gasteiger partial charge in [0.05, 0.1) is 16.0 Å². The average molecular weight is 322 g/mol. The first-order valence-corrected chi connectivity index (χ1v) is 9.06. The molecule has 0 saturated heterocycles. The molecule has 0 bridgehead atoms. The monoisotopic (exact) mass is 322 g/mol. The Labute approximate surface area is 130 Å². The van der Waals surface area contributed by atoms with Crippen LogP contribution in [0.3, 0.4) is 0 Å². The highest BCUT2D eigenvalue weighted by Gasteiger charge is 2.10. The molecule has 1 aromatic carbocycles. The Balaban J connectivity index is 1.72. The van der Waals surface area contributed by atoms with Crippen molar-refractivity contribution in [1.82, 2.24) is 19.7 Å². The van der Waals surface area contributed by atoms with E-state index in [4.69, 9.17) is 0 Å². The fourth-order valence-electron chi connectivity index (χ4n) is 1.76. The van der Waals surface area contributed by atoms with Gasteiger partial charge in [0, 0.05) is 7.05 Å². The van der Waals surface area contributed by atoms with Crippen molar-refractivity contribution >= 4 is 45.1 Å². The van der Waals surface area contributed by atoms with Crippen molar-refractivity contribution in [3.63, 3.8) is 0 Å². The van der Waals surface area contributed by atoms with E-state index in [9.17, 15) is 0 Å². The summed E-state index contributed by atoms with van der Waals surface area (Å²) in [6, 6.07) is 8.23. The van der Waals surface area contributed by atoms with Gasteiger partial charge in [-0.25, -0.2) is 4.98 Å². The normalized spacial score (nSPS) is 11.3. The summed E-state index contributed by atoms with van der Waals surface area (Å²) in [5, 5.41) is 9.44. The number of hydrogen-bond acceptors (Lipinski definition) is 6. The maximum absolute atomic E-state index is 4.62. The van der Waals surface area contributed by atoms with E-state index in [0.717, 1.165) is 32.3 Å². The van der Waals surface area contributed by atoms with Crippen LogP contribution < -0.4 is 0 Å². The van der Waals surface area contributed by atoms with Gasteiger partial charge >= 0.3 is 0 Å². The first-order valence-electron chi connectivity index (χ1n) is 6.27. The second kappa shape index (κ2) is 6.15. The van der Waals surface area contributed by atoms with E-state index in [0.29, 0.717) is 0 Å². The van der Waals surface area contributed by atoms with Crippen LogP contribution in [0, 0.1) is 0 Å². The van der Waals surface area contributed by atoms with E-state index in [-0.39, 0.29) is 0 Å². The zero-order chi connectivity index (χ0) is 13.9. The molecule has 3 aromatic rings. The molecule has 3 rings (SSSR count). The van der Waals surface area contributed by atoms with Gasteiger partial charge in [-0.3, -0.25) is 0 Å². The molecule has 4 nitrogen and oxygen atoms in total. The number of fused-ring (bicyclic) bond motifs is 1. The number of thiazole rings is 1. The molecule has 0 aliphatic rings. The Hall–Kier alpha value is -1.05. The first-order chi connectivity index (χ1) is 9.78. The van der Waals surface area contributed by atoms with Gasteiger partial charge in [0.2, 0.25) is 0 Å². The summed E-state index contributed by atoms with van der Waals surface area (Å²) in [4.78, 5) is 4.62. The summed E-state index contributed by atoms with van der Waals surface area (Å²) in [5.41, 5.74) is 1.07. The number of thioether (sulfide) groups is 2. The van der Waals surface area contributed by atoms with Crippen molar-refractivity contribution in [3.8, 4) is 0 Å². The van der Waals surface area contributed by atoms with Crippen molar-refractivity contribution in [2.24, 2.45) is 7.05 Å².